The number of hydrazone groups is 1. The largest absolute Gasteiger partial charge is 0.478 e. The predicted molar refractivity (Wildman–Crippen MR) is 78.7 cm³/mol. The third kappa shape index (κ3) is 3.32. The molecule has 22 heavy (non-hydrogen) atoms. The predicted octanol–water partition coefficient (Wildman–Crippen LogP) is 1.04. The number of nitrogens with zero attached hydrogens (tertiary/aromatic N) is 4. The molecule has 2 N–H and O–H groups in total. The van der Waals surface area contributed by atoms with Gasteiger partial charge in [0, 0.05) is 13.1 Å². The van der Waals surface area contributed by atoms with Crippen LogP contribution in [-0.2, 0) is 4.74 Å². The molecule has 0 atom stereocenters. The molecule has 1 aliphatic rings. The van der Waals surface area contributed by atoms with E-state index in [1.807, 2.05) is 4.90 Å². The molecule has 1 aromatic rings. The molecular formula is C14H13N5O3. The molecule has 0 saturated carbocycles. The van der Waals surface area contributed by atoms with Crippen LogP contribution in [0, 0.1) is 22.7 Å². The standard InChI is InChI=1S/C14H13N5O3/c15-8-10(9-16)17-18-12-3-1-2-11(14(20)21)13(12)19-4-6-22-7-5-19/h1-3,18H,4-7H2,(H,20,21). The van der Waals surface area contributed by atoms with Crippen molar-refractivity contribution in [2.75, 3.05) is 36.6 Å². The van der Waals surface area contributed by atoms with Gasteiger partial charge in [-0.2, -0.15) is 15.6 Å². The molecule has 0 amide bonds. The highest BCUT2D eigenvalue weighted by atomic mass is 16.5. The Hall–Kier alpha value is -3.10. The maximum absolute atomic E-state index is 11.4. The zero-order chi connectivity index (χ0) is 15.9. The SMILES string of the molecule is N#CC(C#N)=NNc1cccc(C(=O)O)c1N1CCOCC1. The van der Waals surface area contributed by atoms with Crippen molar-refractivity contribution in [3.63, 3.8) is 0 Å². The number of carboxylic acid groups (broad SMARTS) is 1. The maximum atomic E-state index is 11.4. The molecule has 2 rings (SSSR count). The Morgan fingerprint density at radius 2 is 2.00 bits per heavy atom. The van der Waals surface area contributed by atoms with E-state index in [9.17, 15) is 9.90 Å². The summed E-state index contributed by atoms with van der Waals surface area (Å²) in [6.45, 7) is 2.09. The number of para-hydroxylation sites is 1. The van der Waals surface area contributed by atoms with Crippen molar-refractivity contribution in [2.45, 2.75) is 0 Å². The van der Waals surface area contributed by atoms with Crippen LogP contribution in [0.3, 0.4) is 0 Å². The number of carbonyl (C=O) groups is 1. The number of hydrogen-bond acceptors (Lipinski definition) is 7. The summed E-state index contributed by atoms with van der Waals surface area (Å²) >= 11 is 0. The number of rotatable bonds is 4. The Morgan fingerprint density at radius 1 is 1.32 bits per heavy atom. The van der Waals surface area contributed by atoms with Crippen LogP contribution in [0.1, 0.15) is 10.4 Å². The maximum Gasteiger partial charge on any atom is 0.337 e. The van der Waals surface area contributed by atoms with E-state index in [0.717, 1.165) is 0 Å². The van der Waals surface area contributed by atoms with Gasteiger partial charge in [0.25, 0.3) is 0 Å². The van der Waals surface area contributed by atoms with Gasteiger partial charge in [-0.25, -0.2) is 4.79 Å². The molecule has 0 aliphatic carbocycles. The van der Waals surface area contributed by atoms with Crippen LogP contribution in [0.15, 0.2) is 23.3 Å². The summed E-state index contributed by atoms with van der Waals surface area (Å²) in [4.78, 5) is 13.3. The van der Waals surface area contributed by atoms with Crippen LogP contribution in [-0.4, -0.2) is 43.1 Å². The number of aromatic carboxylic acids is 1. The number of nitriles is 2. The van der Waals surface area contributed by atoms with Crippen LogP contribution in [0.5, 0.6) is 0 Å². The first-order valence-electron chi connectivity index (χ1n) is 6.50. The number of hydrogen-bond donors (Lipinski definition) is 2. The lowest BCUT2D eigenvalue weighted by Gasteiger charge is -2.31. The van der Waals surface area contributed by atoms with Crippen molar-refractivity contribution in [3.8, 4) is 12.1 Å². The molecule has 8 heteroatoms. The first kappa shape index (κ1) is 15.3. The van der Waals surface area contributed by atoms with Crippen molar-refractivity contribution < 1.29 is 14.6 Å². The Balaban J connectivity index is 2.42. The second-order valence-electron chi connectivity index (χ2n) is 4.40. The number of benzene rings is 1. The third-order valence-electron chi connectivity index (χ3n) is 3.09. The van der Waals surface area contributed by atoms with Crippen molar-refractivity contribution in [3.05, 3.63) is 23.8 Å². The van der Waals surface area contributed by atoms with Gasteiger partial charge in [-0.3, -0.25) is 5.43 Å². The van der Waals surface area contributed by atoms with Gasteiger partial charge in [0.15, 0.2) is 0 Å². The molecule has 1 aliphatic heterocycles. The monoisotopic (exact) mass is 299 g/mol. The Kier molecular flexibility index (Phi) is 4.91. The minimum Gasteiger partial charge on any atom is -0.478 e. The lowest BCUT2D eigenvalue weighted by molar-refractivity contribution is 0.0696. The van der Waals surface area contributed by atoms with Crippen molar-refractivity contribution in [2.24, 2.45) is 5.10 Å². The fraction of sp³-hybridized carbons (Fsp3) is 0.286. The molecule has 0 radical (unpaired) electrons. The van der Waals surface area contributed by atoms with Gasteiger partial charge in [0.2, 0.25) is 5.71 Å². The second kappa shape index (κ2) is 7.07. The van der Waals surface area contributed by atoms with Crippen molar-refractivity contribution >= 4 is 23.1 Å². The number of carboxylic acids is 1. The van der Waals surface area contributed by atoms with E-state index < -0.39 is 5.97 Å². The summed E-state index contributed by atoms with van der Waals surface area (Å²) in [5.74, 6) is -1.06. The Labute approximate surface area is 126 Å². The van der Waals surface area contributed by atoms with E-state index in [2.05, 4.69) is 10.5 Å². The summed E-state index contributed by atoms with van der Waals surface area (Å²) in [5, 5.41) is 30.4. The van der Waals surface area contributed by atoms with Crippen LogP contribution in [0.25, 0.3) is 0 Å². The van der Waals surface area contributed by atoms with E-state index in [4.69, 9.17) is 15.3 Å². The average molecular weight is 299 g/mol. The number of nitrogens with one attached hydrogen (secondary N) is 1. The topological polar surface area (TPSA) is 122 Å². The van der Waals surface area contributed by atoms with E-state index >= 15 is 0 Å². The van der Waals surface area contributed by atoms with Gasteiger partial charge < -0.3 is 14.7 Å². The van der Waals surface area contributed by atoms with Crippen LogP contribution in [0.2, 0.25) is 0 Å². The van der Waals surface area contributed by atoms with Gasteiger partial charge in [0.1, 0.15) is 12.1 Å². The zero-order valence-electron chi connectivity index (χ0n) is 11.6. The molecule has 1 aromatic carbocycles. The summed E-state index contributed by atoms with van der Waals surface area (Å²) < 4.78 is 5.27. The van der Waals surface area contributed by atoms with E-state index in [1.165, 1.54) is 6.07 Å². The molecule has 1 saturated heterocycles. The van der Waals surface area contributed by atoms with Crippen molar-refractivity contribution in [1.82, 2.24) is 0 Å². The fourth-order valence-electron chi connectivity index (χ4n) is 2.13. The Bertz CT molecular complexity index is 665. The summed E-state index contributed by atoms with van der Waals surface area (Å²) in [6, 6.07) is 7.99. The minimum atomic E-state index is -1.06. The zero-order valence-corrected chi connectivity index (χ0v) is 11.6. The lowest BCUT2D eigenvalue weighted by Crippen LogP contribution is -2.37. The molecule has 0 unspecified atom stereocenters. The highest BCUT2D eigenvalue weighted by Crippen LogP contribution is 2.31. The first-order chi connectivity index (χ1) is 10.7. The molecule has 0 aromatic heterocycles. The van der Waals surface area contributed by atoms with Gasteiger partial charge in [-0.05, 0) is 12.1 Å². The lowest BCUT2D eigenvalue weighted by atomic mass is 10.1. The normalized spacial score (nSPS) is 13.6. The number of ether oxygens (including phenoxy) is 1. The molecule has 0 bridgehead atoms. The van der Waals surface area contributed by atoms with E-state index in [0.29, 0.717) is 37.7 Å². The van der Waals surface area contributed by atoms with E-state index in [-0.39, 0.29) is 11.3 Å². The van der Waals surface area contributed by atoms with E-state index in [1.54, 1.807) is 24.3 Å². The summed E-state index contributed by atoms with van der Waals surface area (Å²) in [5.41, 5.74) is 3.28. The van der Waals surface area contributed by atoms with Gasteiger partial charge in [0.05, 0.1) is 30.2 Å². The number of morpholine rings is 1. The highest BCUT2D eigenvalue weighted by Gasteiger charge is 2.21. The first-order valence-corrected chi connectivity index (χ1v) is 6.50. The average Bonchev–Trinajstić information content (AvgIpc) is 2.56. The summed E-state index contributed by atoms with van der Waals surface area (Å²) in [6.07, 6.45) is 0. The number of anilines is 2. The smallest absolute Gasteiger partial charge is 0.337 e. The van der Waals surface area contributed by atoms with Crippen molar-refractivity contribution in [1.29, 1.82) is 10.5 Å². The molecular weight excluding hydrogens is 286 g/mol. The van der Waals surface area contributed by atoms with Crippen LogP contribution < -0.4 is 10.3 Å². The Morgan fingerprint density at radius 3 is 2.59 bits per heavy atom. The second-order valence-corrected chi connectivity index (χ2v) is 4.40. The van der Waals surface area contributed by atoms with Crippen LogP contribution in [0.4, 0.5) is 11.4 Å². The van der Waals surface area contributed by atoms with Crippen LogP contribution >= 0.6 is 0 Å². The fourth-order valence-corrected chi connectivity index (χ4v) is 2.13. The minimum absolute atomic E-state index is 0.123. The van der Waals surface area contributed by atoms with Gasteiger partial charge in [-0.1, -0.05) is 6.07 Å². The van der Waals surface area contributed by atoms with Gasteiger partial charge >= 0.3 is 5.97 Å². The third-order valence-corrected chi connectivity index (χ3v) is 3.09. The van der Waals surface area contributed by atoms with Gasteiger partial charge in [-0.15, -0.1) is 0 Å². The molecule has 1 fully saturated rings. The highest BCUT2D eigenvalue weighted by molar-refractivity contribution is 6.10. The molecule has 8 nitrogen and oxygen atoms in total. The molecule has 0 spiro atoms. The molecule has 1 heterocycles. The quantitative estimate of drug-likeness (QED) is 0.629. The molecule has 112 valence electrons. The summed E-state index contributed by atoms with van der Waals surface area (Å²) in [7, 11) is 0.